The third-order valence-corrected chi connectivity index (χ3v) is 3.60. The van der Waals surface area contributed by atoms with Crippen LogP contribution in [-0.2, 0) is 9.53 Å². The van der Waals surface area contributed by atoms with Gasteiger partial charge in [0, 0.05) is 19.7 Å². The van der Waals surface area contributed by atoms with Crippen molar-refractivity contribution in [3.63, 3.8) is 0 Å². The van der Waals surface area contributed by atoms with Gasteiger partial charge in [-0.15, -0.1) is 0 Å². The van der Waals surface area contributed by atoms with Crippen LogP contribution in [0.4, 0.5) is 0 Å². The molecule has 1 atom stereocenters. The van der Waals surface area contributed by atoms with E-state index >= 15 is 0 Å². The van der Waals surface area contributed by atoms with Crippen molar-refractivity contribution in [1.29, 1.82) is 0 Å². The molecule has 4 nitrogen and oxygen atoms in total. The van der Waals surface area contributed by atoms with E-state index in [4.69, 9.17) is 4.74 Å². The molecule has 1 aliphatic carbocycles. The third-order valence-electron chi connectivity index (χ3n) is 3.60. The number of hydrogen-bond acceptors (Lipinski definition) is 3. The highest BCUT2D eigenvalue weighted by atomic mass is 16.5. The van der Waals surface area contributed by atoms with Gasteiger partial charge in [0.1, 0.15) is 0 Å². The van der Waals surface area contributed by atoms with Gasteiger partial charge in [-0.2, -0.15) is 0 Å². The summed E-state index contributed by atoms with van der Waals surface area (Å²) < 4.78 is 4.89. The molecule has 1 fully saturated rings. The second kappa shape index (κ2) is 6.97. The second-order valence-electron chi connectivity index (χ2n) is 5.34. The molecule has 0 heterocycles. The van der Waals surface area contributed by atoms with Gasteiger partial charge in [0.25, 0.3) is 0 Å². The van der Waals surface area contributed by atoms with Crippen molar-refractivity contribution in [2.45, 2.75) is 45.7 Å². The van der Waals surface area contributed by atoms with Gasteiger partial charge in [-0.05, 0) is 31.6 Å². The van der Waals surface area contributed by atoms with Crippen LogP contribution >= 0.6 is 0 Å². The lowest BCUT2D eigenvalue weighted by Crippen LogP contribution is -2.52. The fraction of sp³-hybridized carbons (Fsp3) is 0.923. The Labute approximate surface area is 104 Å². The van der Waals surface area contributed by atoms with E-state index in [0.717, 1.165) is 11.8 Å². The molecule has 1 rings (SSSR count). The van der Waals surface area contributed by atoms with E-state index in [1.54, 1.807) is 7.11 Å². The van der Waals surface area contributed by atoms with Gasteiger partial charge in [0.05, 0.1) is 12.6 Å². The lowest BCUT2D eigenvalue weighted by Gasteiger charge is -2.39. The highest BCUT2D eigenvalue weighted by Crippen LogP contribution is 2.33. The lowest BCUT2D eigenvalue weighted by atomic mass is 9.73. The van der Waals surface area contributed by atoms with Crippen LogP contribution < -0.4 is 10.6 Å². The normalized spacial score (nSPS) is 25.5. The Bertz CT molecular complexity index is 238. The Morgan fingerprint density at radius 1 is 1.35 bits per heavy atom. The molecule has 0 bridgehead atoms. The third kappa shape index (κ3) is 4.64. The first-order valence-electron chi connectivity index (χ1n) is 6.57. The fourth-order valence-electron chi connectivity index (χ4n) is 2.20. The average Bonchev–Trinajstić information content (AvgIpc) is 2.22. The van der Waals surface area contributed by atoms with Gasteiger partial charge >= 0.3 is 0 Å². The summed E-state index contributed by atoms with van der Waals surface area (Å²) in [5.41, 5.74) is 0. The van der Waals surface area contributed by atoms with Gasteiger partial charge < -0.3 is 15.4 Å². The highest BCUT2D eigenvalue weighted by Gasteiger charge is 2.32. The van der Waals surface area contributed by atoms with Crippen molar-refractivity contribution in [3.8, 4) is 0 Å². The summed E-state index contributed by atoms with van der Waals surface area (Å²) in [4.78, 5) is 11.7. The minimum absolute atomic E-state index is 0.0649. The van der Waals surface area contributed by atoms with Crippen molar-refractivity contribution in [1.82, 2.24) is 10.6 Å². The lowest BCUT2D eigenvalue weighted by molar-refractivity contribution is -0.123. The summed E-state index contributed by atoms with van der Waals surface area (Å²) in [5.74, 6) is 1.66. The van der Waals surface area contributed by atoms with Crippen molar-refractivity contribution in [2.75, 3.05) is 20.3 Å². The number of carbonyl (C=O) groups excluding carboxylic acids is 1. The molecule has 0 saturated heterocycles. The summed E-state index contributed by atoms with van der Waals surface area (Å²) >= 11 is 0. The van der Waals surface area contributed by atoms with Crippen LogP contribution in [0.3, 0.4) is 0 Å². The Kier molecular flexibility index (Phi) is 5.92. The molecular weight excluding hydrogens is 216 g/mol. The number of methoxy groups -OCH3 is 1. The molecule has 1 aliphatic rings. The monoisotopic (exact) mass is 242 g/mol. The molecule has 0 aromatic rings. The molecule has 1 unspecified atom stereocenters. The Morgan fingerprint density at radius 3 is 2.53 bits per heavy atom. The van der Waals surface area contributed by atoms with Gasteiger partial charge in [-0.1, -0.05) is 13.8 Å². The molecule has 1 amide bonds. The maximum absolute atomic E-state index is 11.7. The van der Waals surface area contributed by atoms with Crippen molar-refractivity contribution >= 4 is 5.91 Å². The highest BCUT2D eigenvalue weighted by molar-refractivity contribution is 5.81. The van der Waals surface area contributed by atoms with E-state index < -0.39 is 0 Å². The van der Waals surface area contributed by atoms with Crippen LogP contribution in [0.25, 0.3) is 0 Å². The summed E-state index contributed by atoms with van der Waals surface area (Å²) in [6.07, 6.45) is 2.40. The van der Waals surface area contributed by atoms with E-state index in [2.05, 4.69) is 24.5 Å². The topological polar surface area (TPSA) is 50.4 Å². The number of nitrogens with one attached hydrogen (secondary N) is 2. The molecule has 100 valence electrons. The van der Waals surface area contributed by atoms with Gasteiger partial charge in [-0.25, -0.2) is 0 Å². The maximum Gasteiger partial charge on any atom is 0.236 e. The zero-order valence-electron chi connectivity index (χ0n) is 11.5. The SMILES string of the molecule is COCCNC(=O)C(C)NC1CC(C(C)C)C1. The number of amides is 1. The molecule has 1 saturated carbocycles. The van der Waals surface area contributed by atoms with Crippen LogP contribution in [0.5, 0.6) is 0 Å². The molecule has 2 N–H and O–H groups in total. The van der Waals surface area contributed by atoms with E-state index in [-0.39, 0.29) is 11.9 Å². The molecule has 0 aromatic carbocycles. The summed E-state index contributed by atoms with van der Waals surface area (Å²) in [6, 6.07) is 0.413. The van der Waals surface area contributed by atoms with E-state index in [0.29, 0.717) is 19.2 Å². The van der Waals surface area contributed by atoms with Crippen LogP contribution in [-0.4, -0.2) is 38.3 Å². The Balaban J connectivity index is 2.13. The maximum atomic E-state index is 11.7. The van der Waals surface area contributed by atoms with Crippen LogP contribution in [0.15, 0.2) is 0 Å². The first-order valence-corrected chi connectivity index (χ1v) is 6.57. The largest absolute Gasteiger partial charge is 0.383 e. The van der Waals surface area contributed by atoms with Gasteiger partial charge in [0.15, 0.2) is 0 Å². The van der Waals surface area contributed by atoms with Crippen LogP contribution in [0.2, 0.25) is 0 Å². The van der Waals surface area contributed by atoms with E-state index in [9.17, 15) is 4.79 Å². The number of ether oxygens (including phenoxy) is 1. The Morgan fingerprint density at radius 2 is 2.00 bits per heavy atom. The minimum atomic E-state index is -0.107. The predicted octanol–water partition coefficient (Wildman–Crippen LogP) is 1.16. The van der Waals surface area contributed by atoms with Crippen LogP contribution in [0, 0.1) is 11.8 Å². The summed E-state index contributed by atoms with van der Waals surface area (Å²) in [7, 11) is 1.63. The molecular formula is C13H26N2O2. The molecule has 0 radical (unpaired) electrons. The van der Waals surface area contributed by atoms with Crippen molar-refractivity contribution in [2.24, 2.45) is 11.8 Å². The van der Waals surface area contributed by atoms with Gasteiger partial charge in [0.2, 0.25) is 5.91 Å². The molecule has 0 spiro atoms. The smallest absolute Gasteiger partial charge is 0.236 e. The first kappa shape index (κ1) is 14.5. The Hall–Kier alpha value is -0.610. The first-order chi connectivity index (χ1) is 8.04. The van der Waals surface area contributed by atoms with Crippen molar-refractivity contribution < 1.29 is 9.53 Å². The van der Waals surface area contributed by atoms with Gasteiger partial charge in [-0.3, -0.25) is 4.79 Å². The second-order valence-corrected chi connectivity index (χ2v) is 5.34. The summed E-state index contributed by atoms with van der Waals surface area (Å²) in [6.45, 7) is 7.60. The standard InChI is InChI=1S/C13H26N2O2/c1-9(2)11-7-12(8-11)15-10(3)13(16)14-5-6-17-4/h9-12,15H,5-8H2,1-4H3,(H,14,16). The zero-order valence-corrected chi connectivity index (χ0v) is 11.5. The quantitative estimate of drug-likeness (QED) is 0.659. The minimum Gasteiger partial charge on any atom is -0.383 e. The van der Waals surface area contributed by atoms with E-state index in [1.807, 2.05) is 6.92 Å². The predicted molar refractivity (Wildman–Crippen MR) is 68.8 cm³/mol. The van der Waals surface area contributed by atoms with E-state index in [1.165, 1.54) is 12.8 Å². The molecule has 17 heavy (non-hydrogen) atoms. The fourth-order valence-corrected chi connectivity index (χ4v) is 2.20. The average molecular weight is 242 g/mol. The molecule has 0 aliphatic heterocycles. The van der Waals surface area contributed by atoms with Crippen LogP contribution in [0.1, 0.15) is 33.6 Å². The van der Waals surface area contributed by atoms with Crippen molar-refractivity contribution in [3.05, 3.63) is 0 Å². The number of rotatable bonds is 7. The number of carbonyl (C=O) groups is 1. The number of hydrogen-bond donors (Lipinski definition) is 2. The zero-order chi connectivity index (χ0) is 12.8. The summed E-state index contributed by atoms with van der Waals surface area (Å²) in [5, 5.41) is 6.22. The molecule has 4 heteroatoms. The molecule has 0 aromatic heterocycles.